The van der Waals surface area contributed by atoms with Gasteiger partial charge in [-0.05, 0) is 52.7 Å². The first-order chi connectivity index (χ1) is 16.6. The highest BCUT2D eigenvalue weighted by Gasteiger charge is 2.64. The van der Waals surface area contributed by atoms with Gasteiger partial charge in [0.2, 0.25) is 5.79 Å². The van der Waals surface area contributed by atoms with Gasteiger partial charge in [0.05, 0.1) is 13.2 Å². The third-order valence-electron chi connectivity index (χ3n) is 6.36. The molecule has 34 heavy (non-hydrogen) atoms. The van der Waals surface area contributed by atoms with E-state index in [1.54, 1.807) is 59.9 Å². The number of nitrogens with one attached hydrogen (secondary N) is 1. The number of carbonyl (C=O) groups excluding carboxylic acids is 2. The second-order valence-corrected chi connectivity index (χ2v) is 9.23. The van der Waals surface area contributed by atoms with E-state index in [0.29, 0.717) is 24.3 Å². The zero-order valence-corrected chi connectivity index (χ0v) is 19.0. The summed E-state index contributed by atoms with van der Waals surface area (Å²) in [6.45, 7) is 0.795. The first-order valence-electron chi connectivity index (χ1n) is 11.1. The zero-order chi connectivity index (χ0) is 23.2. The molecule has 2 amide bonds. The predicted molar refractivity (Wildman–Crippen MR) is 126 cm³/mol. The summed E-state index contributed by atoms with van der Waals surface area (Å²) in [6, 6.07) is 19.2. The highest BCUT2D eigenvalue weighted by atomic mass is 32.1. The van der Waals surface area contributed by atoms with E-state index in [4.69, 9.17) is 14.3 Å². The Hall–Kier alpha value is -3.30. The topological polar surface area (TPSA) is 77.1 Å². The Bertz CT molecular complexity index is 1240. The second-order valence-electron chi connectivity index (χ2n) is 8.45. The number of benzene rings is 2. The molecule has 2 unspecified atom stereocenters. The number of amides is 2. The fourth-order valence-electron chi connectivity index (χ4n) is 4.87. The van der Waals surface area contributed by atoms with E-state index < -0.39 is 17.6 Å². The average molecular weight is 475 g/mol. The van der Waals surface area contributed by atoms with E-state index in [2.05, 4.69) is 5.32 Å². The van der Waals surface area contributed by atoms with E-state index >= 15 is 0 Å². The normalized spacial score (nSPS) is 24.8. The van der Waals surface area contributed by atoms with Crippen molar-refractivity contribution in [1.82, 2.24) is 10.4 Å². The zero-order valence-electron chi connectivity index (χ0n) is 18.2. The minimum atomic E-state index is -1.24. The van der Waals surface area contributed by atoms with Gasteiger partial charge in [-0.15, -0.1) is 0 Å². The Morgan fingerprint density at radius 3 is 2.26 bits per heavy atom. The van der Waals surface area contributed by atoms with Crippen LogP contribution in [0.4, 0.5) is 0 Å². The highest BCUT2D eigenvalue weighted by Crippen LogP contribution is 2.52. The van der Waals surface area contributed by atoms with Crippen LogP contribution in [-0.4, -0.2) is 47.6 Å². The summed E-state index contributed by atoms with van der Waals surface area (Å²) in [5, 5.41) is 8.33. The molecule has 8 heteroatoms. The van der Waals surface area contributed by atoms with Crippen LogP contribution in [0.2, 0.25) is 0 Å². The summed E-state index contributed by atoms with van der Waals surface area (Å²) in [6.07, 6.45) is 2.13. The third-order valence-corrected chi connectivity index (χ3v) is 7.05. The number of fused-ring (bicyclic) bond motifs is 3. The van der Waals surface area contributed by atoms with Gasteiger partial charge in [-0.25, -0.2) is 9.90 Å². The van der Waals surface area contributed by atoms with Gasteiger partial charge < -0.3 is 14.8 Å². The van der Waals surface area contributed by atoms with Crippen LogP contribution in [0.1, 0.15) is 32.7 Å². The first-order valence-corrected chi connectivity index (χ1v) is 12.0. The molecule has 6 rings (SSSR count). The van der Waals surface area contributed by atoms with E-state index in [9.17, 15) is 9.59 Å². The van der Waals surface area contributed by atoms with Gasteiger partial charge in [0, 0.05) is 23.1 Å². The summed E-state index contributed by atoms with van der Waals surface area (Å²) in [7, 11) is 0. The molecule has 2 fully saturated rings. The van der Waals surface area contributed by atoms with Crippen molar-refractivity contribution in [2.75, 3.05) is 13.2 Å². The van der Waals surface area contributed by atoms with Gasteiger partial charge in [0.15, 0.2) is 5.72 Å². The predicted octanol–water partition coefficient (Wildman–Crippen LogP) is 3.86. The molecule has 2 aliphatic heterocycles. The lowest BCUT2D eigenvalue weighted by Crippen LogP contribution is -2.55. The fourth-order valence-corrected chi connectivity index (χ4v) is 5.52. The van der Waals surface area contributed by atoms with Crippen molar-refractivity contribution >= 4 is 28.7 Å². The lowest BCUT2D eigenvalue weighted by atomic mass is 9.81. The standard InChI is InChI=1S/C26H22N2O5S/c29-23(18-7-3-1-4-8-18)27-25-15-21(20-11-14-34-17-20)26(31-12-13-32-26)22(16-25)28(33-25)24(30)19-9-5-2-6-10-19/h1-11,14-15,17,22H,12-13,16H2,(H,27,29). The van der Waals surface area contributed by atoms with Gasteiger partial charge in [-0.2, -0.15) is 11.3 Å². The van der Waals surface area contributed by atoms with Crippen molar-refractivity contribution in [1.29, 1.82) is 0 Å². The van der Waals surface area contributed by atoms with E-state index in [1.165, 1.54) is 5.06 Å². The van der Waals surface area contributed by atoms with Crippen LogP contribution < -0.4 is 5.32 Å². The second kappa shape index (κ2) is 8.18. The Labute approximate surface area is 200 Å². The van der Waals surface area contributed by atoms with Gasteiger partial charge in [0.25, 0.3) is 11.8 Å². The number of hydrogen-bond acceptors (Lipinski definition) is 6. The van der Waals surface area contributed by atoms with Gasteiger partial charge in [0.1, 0.15) is 6.04 Å². The van der Waals surface area contributed by atoms with E-state index in [-0.39, 0.29) is 18.2 Å². The molecule has 0 saturated carbocycles. The quantitative estimate of drug-likeness (QED) is 0.622. The Morgan fingerprint density at radius 1 is 0.941 bits per heavy atom. The molecular formula is C26H22N2O5S. The molecule has 7 nitrogen and oxygen atoms in total. The van der Waals surface area contributed by atoms with Crippen molar-refractivity contribution < 1.29 is 23.9 Å². The number of hydrogen-bond donors (Lipinski definition) is 1. The average Bonchev–Trinajstić information content (AvgIpc) is 3.63. The van der Waals surface area contributed by atoms with Crippen molar-refractivity contribution in [3.05, 3.63) is 100 Å². The fraction of sp³-hybridized carbons (Fsp3) is 0.231. The molecular weight excluding hydrogens is 452 g/mol. The summed E-state index contributed by atoms with van der Waals surface area (Å²) in [4.78, 5) is 33.1. The maximum atomic E-state index is 13.6. The molecule has 2 bridgehead atoms. The molecule has 2 aromatic carbocycles. The van der Waals surface area contributed by atoms with Crippen LogP contribution in [0.3, 0.4) is 0 Å². The van der Waals surface area contributed by atoms with Crippen molar-refractivity contribution in [3.8, 4) is 0 Å². The summed E-state index contributed by atoms with van der Waals surface area (Å²) in [5.74, 6) is -1.79. The molecule has 3 aromatic rings. The smallest absolute Gasteiger partial charge is 0.278 e. The summed E-state index contributed by atoms with van der Waals surface area (Å²) < 4.78 is 12.5. The van der Waals surface area contributed by atoms with E-state index in [0.717, 1.165) is 11.1 Å². The third kappa shape index (κ3) is 3.38. The number of nitrogens with zero attached hydrogens (tertiary/aromatic N) is 1. The molecule has 1 spiro atoms. The first kappa shape index (κ1) is 21.2. The van der Waals surface area contributed by atoms with Crippen LogP contribution in [0.25, 0.3) is 5.57 Å². The molecule has 172 valence electrons. The van der Waals surface area contributed by atoms with Crippen LogP contribution in [0, 0.1) is 0 Å². The highest BCUT2D eigenvalue weighted by molar-refractivity contribution is 7.08. The molecule has 3 heterocycles. The number of rotatable bonds is 4. The molecule has 2 atom stereocenters. The largest absolute Gasteiger partial charge is 0.342 e. The molecule has 0 radical (unpaired) electrons. The number of ether oxygens (including phenoxy) is 2. The van der Waals surface area contributed by atoms with Crippen LogP contribution in [0.5, 0.6) is 0 Å². The molecule has 1 N–H and O–H groups in total. The van der Waals surface area contributed by atoms with Gasteiger partial charge in [-0.1, -0.05) is 36.4 Å². The number of thiophene rings is 1. The number of carbonyl (C=O) groups is 2. The maximum Gasteiger partial charge on any atom is 0.278 e. The Kier molecular flexibility index (Phi) is 5.11. The summed E-state index contributed by atoms with van der Waals surface area (Å²) >= 11 is 1.55. The molecule has 1 aromatic heterocycles. The Balaban J connectivity index is 1.45. The minimum Gasteiger partial charge on any atom is -0.342 e. The van der Waals surface area contributed by atoms with Gasteiger partial charge in [-0.3, -0.25) is 9.59 Å². The van der Waals surface area contributed by atoms with Crippen LogP contribution in [0.15, 0.2) is 83.6 Å². The van der Waals surface area contributed by atoms with E-state index in [1.807, 2.05) is 35.0 Å². The molecule has 1 aliphatic carbocycles. The van der Waals surface area contributed by atoms with Crippen molar-refractivity contribution in [3.63, 3.8) is 0 Å². The minimum absolute atomic E-state index is 0.289. The SMILES string of the molecule is O=C(NC12C=C(c3ccsc3)C3(OCCO3)C(C1)N(C(=O)c1ccccc1)O2)c1ccccc1. The lowest BCUT2D eigenvalue weighted by Gasteiger charge is -2.40. The molecule has 3 aliphatic rings. The van der Waals surface area contributed by atoms with Crippen molar-refractivity contribution in [2.24, 2.45) is 0 Å². The summed E-state index contributed by atoms with van der Waals surface area (Å²) in [5.41, 5.74) is 1.40. The lowest BCUT2D eigenvalue weighted by molar-refractivity contribution is -0.205. The van der Waals surface area contributed by atoms with Crippen molar-refractivity contribution in [2.45, 2.75) is 24.0 Å². The van der Waals surface area contributed by atoms with Gasteiger partial charge >= 0.3 is 0 Å². The number of hydroxylamine groups is 2. The van der Waals surface area contributed by atoms with Crippen LogP contribution >= 0.6 is 11.3 Å². The molecule has 2 saturated heterocycles. The monoisotopic (exact) mass is 474 g/mol. The maximum absolute atomic E-state index is 13.6. The Morgan fingerprint density at radius 2 is 1.62 bits per heavy atom. The van der Waals surface area contributed by atoms with Crippen LogP contribution in [-0.2, 0) is 14.3 Å².